The molecule has 0 unspecified atom stereocenters. The van der Waals surface area contributed by atoms with Gasteiger partial charge in [0.05, 0.1) is 18.8 Å². The van der Waals surface area contributed by atoms with Crippen LogP contribution in [0.2, 0.25) is 0 Å². The third-order valence-electron chi connectivity index (χ3n) is 2.46. The Kier molecular flexibility index (Phi) is 4.86. The van der Waals surface area contributed by atoms with Crippen molar-refractivity contribution in [3.8, 4) is 0 Å². The molecule has 0 atom stereocenters. The van der Waals surface area contributed by atoms with Crippen molar-refractivity contribution in [2.75, 3.05) is 6.61 Å². The summed E-state index contributed by atoms with van der Waals surface area (Å²) in [7, 11) is 0. The van der Waals surface area contributed by atoms with Crippen molar-refractivity contribution in [2.24, 2.45) is 0 Å². The predicted molar refractivity (Wildman–Crippen MR) is 71.8 cm³/mol. The molecule has 96 valence electrons. The molecule has 18 heavy (non-hydrogen) atoms. The van der Waals surface area contributed by atoms with Crippen LogP contribution in [-0.4, -0.2) is 26.7 Å². The third kappa shape index (κ3) is 3.90. The smallest absolute Gasteiger partial charge is 0.0964 e. The van der Waals surface area contributed by atoms with E-state index in [-0.39, 0.29) is 6.61 Å². The van der Waals surface area contributed by atoms with Crippen LogP contribution in [0.5, 0.6) is 0 Å². The number of rotatable bonds is 6. The Morgan fingerprint density at radius 1 is 1.22 bits per heavy atom. The van der Waals surface area contributed by atoms with Crippen LogP contribution in [0.15, 0.2) is 34.9 Å². The zero-order valence-electron chi connectivity index (χ0n) is 9.88. The van der Waals surface area contributed by atoms with Gasteiger partial charge in [0.1, 0.15) is 0 Å². The first kappa shape index (κ1) is 13.2. The zero-order valence-corrected chi connectivity index (χ0v) is 11.5. The van der Waals surface area contributed by atoms with Crippen LogP contribution in [-0.2, 0) is 19.6 Å². The number of hydrogen-bond donors (Lipinski definition) is 2. The number of benzene rings is 1. The second-order valence-electron chi connectivity index (χ2n) is 3.93. The first-order valence-corrected chi connectivity index (χ1v) is 6.52. The molecule has 0 fully saturated rings. The second kappa shape index (κ2) is 6.63. The quantitative estimate of drug-likeness (QED) is 0.845. The largest absolute Gasteiger partial charge is 0.394 e. The number of aliphatic hydroxyl groups is 1. The lowest BCUT2D eigenvalue weighted by Gasteiger charge is -2.02. The molecule has 2 N–H and O–H groups in total. The molecule has 0 amide bonds. The zero-order chi connectivity index (χ0) is 12.8. The topological polar surface area (TPSA) is 63.0 Å². The SMILES string of the molecule is OCCn1cc(CNCc2ccc(Br)cc2)nn1. The van der Waals surface area contributed by atoms with Gasteiger partial charge in [-0.05, 0) is 17.7 Å². The lowest BCUT2D eigenvalue weighted by Crippen LogP contribution is -2.12. The van der Waals surface area contributed by atoms with Gasteiger partial charge in [-0.15, -0.1) is 5.10 Å². The monoisotopic (exact) mass is 310 g/mol. The van der Waals surface area contributed by atoms with Crippen molar-refractivity contribution in [3.05, 3.63) is 46.2 Å². The minimum atomic E-state index is 0.0785. The van der Waals surface area contributed by atoms with Gasteiger partial charge in [-0.2, -0.15) is 0 Å². The van der Waals surface area contributed by atoms with Crippen LogP contribution in [0, 0.1) is 0 Å². The van der Waals surface area contributed by atoms with Gasteiger partial charge in [0.15, 0.2) is 0 Å². The van der Waals surface area contributed by atoms with Crippen molar-refractivity contribution in [2.45, 2.75) is 19.6 Å². The summed E-state index contributed by atoms with van der Waals surface area (Å²) in [6.07, 6.45) is 1.84. The van der Waals surface area contributed by atoms with Gasteiger partial charge in [0, 0.05) is 23.8 Å². The summed E-state index contributed by atoms with van der Waals surface area (Å²) < 4.78 is 2.72. The minimum Gasteiger partial charge on any atom is -0.394 e. The van der Waals surface area contributed by atoms with E-state index in [9.17, 15) is 0 Å². The average Bonchev–Trinajstić information content (AvgIpc) is 2.80. The van der Waals surface area contributed by atoms with Crippen molar-refractivity contribution >= 4 is 15.9 Å². The fourth-order valence-electron chi connectivity index (χ4n) is 1.57. The van der Waals surface area contributed by atoms with E-state index >= 15 is 0 Å². The Balaban J connectivity index is 1.79. The van der Waals surface area contributed by atoms with Crippen LogP contribution in [0.1, 0.15) is 11.3 Å². The van der Waals surface area contributed by atoms with E-state index in [2.05, 4.69) is 43.7 Å². The lowest BCUT2D eigenvalue weighted by molar-refractivity contribution is 0.268. The fourth-order valence-corrected chi connectivity index (χ4v) is 1.83. The van der Waals surface area contributed by atoms with Gasteiger partial charge >= 0.3 is 0 Å². The van der Waals surface area contributed by atoms with E-state index < -0.39 is 0 Å². The number of hydrogen-bond acceptors (Lipinski definition) is 4. The van der Waals surface area contributed by atoms with Gasteiger partial charge in [0.25, 0.3) is 0 Å². The maximum absolute atomic E-state index is 8.77. The highest BCUT2D eigenvalue weighted by Gasteiger charge is 2.00. The Labute approximate surface area is 114 Å². The maximum atomic E-state index is 8.77. The number of halogens is 1. The summed E-state index contributed by atoms with van der Waals surface area (Å²) in [6.45, 7) is 2.02. The van der Waals surface area contributed by atoms with E-state index in [0.29, 0.717) is 13.1 Å². The van der Waals surface area contributed by atoms with Crippen molar-refractivity contribution in [1.82, 2.24) is 20.3 Å². The Morgan fingerprint density at radius 2 is 2.00 bits per heavy atom. The molecule has 6 heteroatoms. The van der Waals surface area contributed by atoms with E-state index in [1.165, 1.54) is 5.56 Å². The summed E-state index contributed by atoms with van der Waals surface area (Å²) in [4.78, 5) is 0. The molecule has 0 aliphatic carbocycles. The molecule has 0 spiro atoms. The predicted octanol–water partition coefficient (Wildman–Crippen LogP) is 1.32. The van der Waals surface area contributed by atoms with Gasteiger partial charge in [-0.25, -0.2) is 4.68 Å². The van der Waals surface area contributed by atoms with Gasteiger partial charge in [0.2, 0.25) is 0 Å². The Bertz CT molecular complexity index is 483. The Hall–Kier alpha value is -1.24. The number of nitrogens with zero attached hydrogens (tertiary/aromatic N) is 3. The summed E-state index contributed by atoms with van der Waals surface area (Å²) >= 11 is 3.41. The molecular formula is C12H15BrN4O. The molecule has 0 aliphatic rings. The fraction of sp³-hybridized carbons (Fsp3) is 0.333. The van der Waals surface area contributed by atoms with Crippen LogP contribution >= 0.6 is 15.9 Å². The summed E-state index contributed by atoms with van der Waals surface area (Å²) in [6, 6.07) is 8.18. The second-order valence-corrected chi connectivity index (χ2v) is 4.84. The highest BCUT2D eigenvalue weighted by Crippen LogP contribution is 2.10. The van der Waals surface area contributed by atoms with Gasteiger partial charge in [-0.1, -0.05) is 33.3 Å². The first-order valence-electron chi connectivity index (χ1n) is 5.73. The molecule has 1 aromatic carbocycles. The molecule has 0 bridgehead atoms. The van der Waals surface area contributed by atoms with E-state index in [1.54, 1.807) is 4.68 Å². The Morgan fingerprint density at radius 3 is 2.72 bits per heavy atom. The van der Waals surface area contributed by atoms with Crippen molar-refractivity contribution in [3.63, 3.8) is 0 Å². The molecule has 2 rings (SSSR count). The highest BCUT2D eigenvalue weighted by molar-refractivity contribution is 9.10. The van der Waals surface area contributed by atoms with Crippen molar-refractivity contribution in [1.29, 1.82) is 0 Å². The molecule has 2 aromatic rings. The summed E-state index contributed by atoms with van der Waals surface area (Å²) in [5.41, 5.74) is 2.10. The molecule has 1 heterocycles. The van der Waals surface area contributed by atoms with Crippen LogP contribution in [0.25, 0.3) is 0 Å². The number of aromatic nitrogens is 3. The molecular weight excluding hydrogens is 296 g/mol. The standard InChI is InChI=1S/C12H15BrN4O/c13-11-3-1-10(2-4-11)7-14-8-12-9-17(5-6-18)16-15-12/h1-4,9,14,18H,5-8H2. The minimum absolute atomic E-state index is 0.0785. The third-order valence-corrected chi connectivity index (χ3v) is 2.99. The van der Waals surface area contributed by atoms with Crippen LogP contribution < -0.4 is 5.32 Å². The summed E-state index contributed by atoms with van der Waals surface area (Å²) in [5, 5.41) is 20.0. The number of aliphatic hydroxyl groups excluding tert-OH is 1. The molecule has 1 aromatic heterocycles. The van der Waals surface area contributed by atoms with E-state index in [1.807, 2.05) is 18.3 Å². The van der Waals surface area contributed by atoms with Crippen LogP contribution in [0.3, 0.4) is 0 Å². The first-order chi connectivity index (χ1) is 8.78. The van der Waals surface area contributed by atoms with Crippen molar-refractivity contribution < 1.29 is 5.11 Å². The average molecular weight is 311 g/mol. The molecule has 0 saturated heterocycles. The lowest BCUT2D eigenvalue weighted by atomic mass is 10.2. The van der Waals surface area contributed by atoms with Gasteiger partial charge in [-0.3, -0.25) is 0 Å². The molecule has 0 aliphatic heterocycles. The molecule has 0 saturated carbocycles. The van der Waals surface area contributed by atoms with Crippen LogP contribution in [0.4, 0.5) is 0 Å². The maximum Gasteiger partial charge on any atom is 0.0964 e. The van der Waals surface area contributed by atoms with E-state index in [4.69, 9.17) is 5.11 Å². The molecule has 5 nitrogen and oxygen atoms in total. The summed E-state index contributed by atoms with van der Waals surface area (Å²) in [5.74, 6) is 0. The molecule has 0 radical (unpaired) electrons. The van der Waals surface area contributed by atoms with Gasteiger partial charge < -0.3 is 10.4 Å². The van der Waals surface area contributed by atoms with E-state index in [0.717, 1.165) is 16.7 Å². The number of nitrogens with one attached hydrogen (secondary N) is 1. The highest BCUT2D eigenvalue weighted by atomic mass is 79.9. The normalized spacial score (nSPS) is 10.8.